The van der Waals surface area contributed by atoms with Crippen LogP contribution in [0, 0.1) is 0 Å². The van der Waals surface area contributed by atoms with Gasteiger partial charge in [0.1, 0.15) is 12.0 Å². The number of nitrogens with one attached hydrogen (secondary N) is 1. The first kappa shape index (κ1) is 13.7. The summed E-state index contributed by atoms with van der Waals surface area (Å²) in [7, 11) is 0. The summed E-state index contributed by atoms with van der Waals surface area (Å²) in [6.45, 7) is -3.56. The van der Waals surface area contributed by atoms with Crippen molar-refractivity contribution in [3.63, 3.8) is 0 Å². The van der Waals surface area contributed by atoms with E-state index in [4.69, 9.17) is 15.8 Å². The minimum Gasteiger partial charge on any atom is -0.418 e. The van der Waals surface area contributed by atoms with E-state index in [0.717, 1.165) is 0 Å². The molecule has 0 bridgehead atoms. The summed E-state index contributed by atoms with van der Waals surface area (Å²) in [5.74, 6) is 0.270. The lowest BCUT2D eigenvalue weighted by Gasteiger charge is -2.14. The number of rotatable bonds is 5. The molecule has 2 rings (SSSR count). The molecule has 6 heteroatoms. The fraction of sp³-hybridized carbons (Fsp3) is 0. The highest BCUT2D eigenvalue weighted by Crippen LogP contribution is 2.51. The minimum atomic E-state index is -3.56. The predicted octanol–water partition coefficient (Wildman–Crippen LogP) is 4.34. The molecule has 98 valence electrons. The Morgan fingerprint density at radius 2 is 1.84 bits per heavy atom. The molecule has 1 N–H and O–H groups in total. The number of hydrogen-bond acceptors (Lipinski definition) is 3. The van der Waals surface area contributed by atoms with Gasteiger partial charge in [-0.15, -0.1) is 0 Å². The summed E-state index contributed by atoms with van der Waals surface area (Å²) in [4.78, 5) is 10.6. The van der Waals surface area contributed by atoms with Gasteiger partial charge in [-0.1, -0.05) is 30.3 Å². The molecule has 0 heterocycles. The molecule has 4 nitrogen and oxygen atoms in total. The first-order valence-corrected chi connectivity index (χ1v) is 8.00. The van der Waals surface area contributed by atoms with E-state index in [2.05, 4.69) is 5.09 Å². The second-order valence-corrected chi connectivity index (χ2v) is 6.44. The molecule has 0 radical (unpaired) electrons. The maximum absolute atomic E-state index is 12.1. The SMILES string of the molecule is O=Cc1cccc(OP(=O)(Cl)Nc2ccccc2)c1. The Kier molecular flexibility index (Phi) is 4.25. The Balaban J connectivity index is 2.12. The van der Waals surface area contributed by atoms with Gasteiger partial charge in [0.15, 0.2) is 0 Å². The number of carbonyl (C=O) groups is 1. The lowest BCUT2D eigenvalue weighted by molar-refractivity contribution is 0.112. The van der Waals surface area contributed by atoms with Crippen molar-refractivity contribution in [1.82, 2.24) is 0 Å². The zero-order chi connectivity index (χ0) is 13.7. The maximum Gasteiger partial charge on any atom is 0.435 e. The van der Waals surface area contributed by atoms with E-state index in [0.29, 0.717) is 17.5 Å². The van der Waals surface area contributed by atoms with E-state index in [9.17, 15) is 9.36 Å². The summed E-state index contributed by atoms with van der Waals surface area (Å²) in [6.07, 6.45) is 0.677. The number of hydrogen-bond donors (Lipinski definition) is 1. The molecular formula is C13H11ClNO3P. The van der Waals surface area contributed by atoms with E-state index in [-0.39, 0.29) is 5.75 Å². The topological polar surface area (TPSA) is 55.4 Å². The summed E-state index contributed by atoms with van der Waals surface area (Å²) < 4.78 is 17.3. The van der Waals surface area contributed by atoms with Crippen LogP contribution in [-0.4, -0.2) is 6.29 Å². The second kappa shape index (κ2) is 5.91. The van der Waals surface area contributed by atoms with Crippen LogP contribution in [0.5, 0.6) is 5.75 Å². The van der Waals surface area contributed by atoms with Crippen LogP contribution >= 0.6 is 18.1 Å². The van der Waals surface area contributed by atoms with Crippen LogP contribution in [0.4, 0.5) is 5.69 Å². The molecule has 1 atom stereocenters. The first-order valence-electron chi connectivity index (χ1n) is 5.47. The molecule has 0 spiro atoms. The smallest absolute Gasteiger partial charge is 0.418 e. The fourth-order valence-electron chi connectivity index (χ4n) is 1.47. The molecule has 2 aromatic carbocycles. The third kappa shape index (κ3) is 4.12. The van der Waals surface area contributed by atoms with Crippen LogP contribution in [-0.2, 0) is 4.57 Å². The average molecular weight is 296 g/mol. The molecule has 0 aliphatic rings. The molecule has 0 aliphatic carbocycles. The zero-order valence-corrected chi connectivity index (χ0v) is 11.5. The first-order chi connectivity index (χ1) is 9.09. The van der Waals surface area contributed by atoms with Gasteiger partial charge in [0.05, 0.1) is 0 Å². The van der Waals surface area contributed by atoms with Crippen LogP contribution in [0.15, 0.2) is 54.6 Å². The molecule has 1 unspecified atom stereocenters. The zero-order valence-electron chi connectivity index (χ0n) is 9.82. The van der Waals surface area contributed by atoms with Gasteiger partial charge in [-0.25, -0.2) is 4.57 Å². The van der Waals surface area contributed by atoms with Crippen molar-refractivity contribution in [3.8, 4) is 5.75 Å². The highest BCUT2D eigenvalue weighted by atomic mass is 35.7. The summed E-state index contributed by atoms with van der Waals surface area (Å²) >= 11 is 5.83. The Hall–Kier alpha value is -1.77. The third-order valence-electron chi connectivity index (χ3n) is 2.25. The quantitative estimate of drug-likeness (QED) is 0.658. The van der Waals surface area contributed by atoms with Crippen molar-refractivity contribution in [2.75, 3.05) is 5.09 Å². The molecular weight excluding hydrogens is 285 g/mol. The lowest BCUT2D eigenvalue weighted by Crippen LogP contribution is -1.98. The normalized spacial score (nSPS) is 13.3. The Morgan fingerprint density at radius 3 is 2.53 bits per heavy atom. The predicted molar refractivity (Wildman–Crippen MR) is 76.0 cm³/mol. The van der Waals surface area contributed by atoms with Crippen LogP contribution in [0.1, 0.15) is 10.4 Å². The van der Waals surface area contributed by atoms with E-state index >= 15 is 0 Å². The highest BCUT2D eigenvalue weighted by molar-refractivity contribution is 7.86. The highest BCUT2D eigenvalue weighted by Gasteiger charge is 2.21. The molecule has 0 saturated carbocycles. The van der Waals surface area contributed by atoms with E-state index in [1.165, 1.54) is 6.07 Å². The lowest BCUT2D eigenvalue weighted by atomic mass is 10.2. The van der Waals surface area contributed by atoms with Gasteiger partial charge >= 0.3 is 6.87 Å². The van der Waals surface area contributed by atoms with Crippen molar-refractivity contribution >= 4 is 30.1 Å². The van der Waals surface area contributed by atoms with Gasteiger partial charge in [-0.05, 0) is 24.3 Å². The largest absolute Gasteiger partial charge is 0.435 e. The molecule has 0 saturated heterocycles. The molecule has 0 aromatic heterocycles. The molecule has 19 heavy (non-hydrogen) atoms. The molecule has 0 aliphatic heterocycles. The number of halogens is 1. The van der Waals surface area contributed by atoms with E-state index in [1.54, 1.807) is 42.5 Å². The Labute approximate surface area is 115 Å². The van der Waals surface area contributed by atoms with Gasteiger partial charge < -0.3 is 4.52 Å². The Morgan fingerprint density at radius 1 is 1.11 bits per heavy atom. The van der Waals surface area contributed by atoms with E-state index in [1.807, 2.05) is 6.07 Å². The number of aldehydes is 1. The van der Waals surface area contributed by atoms with Gasteiger partial charge in [0.25, 0.3) is 0 Å². The molecule has 2 aromatic rings. The fourth-order valence-corrected chi connectivity index (χ4v) is 2.89. The van der Waals surface area contributed by atoms with Gasteiger partial charge in [-0.2, -0.15) is 0 Å². The summed E-state index contributed by atoms with van der Waals surface area (Å²) in [5, 5.41) is 2.61. The van der Waals surface area contributed by atoms with Gasteiger partial charge in [0, 0.05) is 22.5 Å². The minimum absolute atomic E-state index is 0.270. The molecule has 0 fully saturated rings. The van der Waals surface area contributed by atoms with Crippen LogP contribution in [0.3, 0.4) is 0 Å². The number of anilines is 1. The van der Waals surface area contributed by atoms with Gasteiger partial charge in [-0.3, -0.25) is 9.88 Å². The Bertz CT molecular complexity index is 618. The number of carbonyl (C=O) groups excluding carboxylic acids is 1. The second-order valence-electron chi connectivity index (χ2n) is 3.74. The van der Waals surface area contributed by atoms with Crippen LogP contribution < -0.4 is 9.61 Å². The monoisotopic (exact) mass is 295 g/mol. The van der Waals surface area contributed by atoms with Crippen molar-refractivity contribution in [2.24, 2.45) is 0 Å². The van der Waals surface area contributed by atoms with Crippen LogP contribution in [0.25, 0.3) is 0 Å². The number of para-hydroxylation sites is 1. The standard InChI is InChI=1S/C13H11ClNO3P/c14-19(17,15-12-6-2-1-3-7-12)18-13-8-4-5-11(9-13)10-16/h1-10H,(H,15,17). The summed E-state index contributed by atoms with van der Waals surface area (Å²) in [5.41, 5.74) is 1.02. The van der Waals surface area contributed by atoms with Gasteiger partial charge in [0.2, 0.25) is 0 Å². The van der Waals surface area contributed by atoms with Crippen molar-refractivity contribution in [1.29, 1.82) is 0 Å². The third-order valence-corrected chi connectivity index (χ3v) is 3.68. The van der Waals surface area contributed by atoms with Crippen molar-refractivity contribution in [2.45, 2.75) is 0 Å². The number of benzene rings is 2. The van der Waals surface area contributed by atoms with E-state index < -0.39 is 6.87 Å². The average Bonchev–Trinajstić information content (AvgIpc) is 2.39. The van der Waals surface area contributed by atoms with Crippen LogP contribution in [0.2, 0.25) is 0 Å². The van der Waals surface area contributed by atoms with Crippen molar-refractivity contribution < 1.29 is 13.9 Å². The van der Waals surface area contributed by atoms with Crippen molar-refractivity contribution in [3.05, 3.63) is 60.2 Å². The molecule has 0 amide bonds. The maximum atomic E-state index is 12.1. The summed E-state index contributed by atoms with van der Waals surface area (Å²) in [6, 6.07) is 15.1.